The van der Waals surface area contributed by atoms with E-state index < -0.39 is 7.92 Å². The summed E-state index contributed by atoms with van der Waals surface area (Å²) in [7, 11) is -0.500. The van der Waals surface area contributed by atoms with E-state index in [1.165, 1.54) is 26.7 Å². The molecule has 4 aromatic rings. The van der Waals surface area contributed by atoms with Crippen LogP contribution in [-0.4, -0.2) is 0 Å². The summed E-state index contributed by atoms with van der Waals surface area (Å²) in [4.78, 5) is 0. The Kier molecular flexibility index (Phi) is 5.31. The third-order valence-electron chi connectivity index (χ3n) is 3.91. The fraction of sp³-hybridized carbons (Fsp3) is 0. The van der Waals surface area contributed by atoms with E-state index in [2.05, 4.69) is 97.1 Å². The molecule has 23 heavy (non-hydrogen) atoms. The average Bonchev–Trinajstić information content (AvgIpc) is 3.05. The van der Waals surface area contributed by atoms with Gasteiger partial charge in [0.1, 0.15) is 0 Å². The minimum Gasteiger partial charge on any atom is -0.168 e. The smallest absolute Gasteiger partial charge is 0 e. The molecular formula is C21H16PZr-. The zero-order chi connectivity index (χ0) is 14.8. The van der Waals surface area contributed by atoms with Crippen LogP contribution in [0.25, 0.3) is 10.8 Å². The molecule has 0 atom stereocenters. The zero-order valence-corrected chi connectivity index (χ0v) is 16.0. The summed E-state index contributed by atoms with van der Waals surface area (Å²) in [5, 5.41) is 6.85. The number of fused-ring (bicyclic) bond motifs is 1. The molecule has 0 N–H and O–H groups in total. The first kappa shape index (κ1) is 16.4. The predicted molar refractivity (Wildman–Crippen MR) is 98.2 cm³/mol. The van der Waals surface area contributed by atoms with Gasteiger partial charge in [-0.1, -0.05) is 72.8 Å². The van der Waals surface area contributed by atoms with Crippen molar-refractivity contribution in [1.82, 2.24) is 0 Å². The van der Waals surface area contributed by atoms with Crippen LogP contribution in [-0.2, 0) is 26.2 Å². The summed E-state index contributed by atoms with van der Waals surface area (Å²) in [6.45, 7) is 0. The van der Waals surface area contributed by atoms with Crippen molar-refractivity contribution in [2.45, 2.75) is 0 Å². The van der Waals surface area contributed by atoms with Gasteiger partial charge in [0.05, 0.1) is 0 Å². The van der Waals surface area contributed by atoms with E-state index in [1.54, 1.807) is 0 Å². The molecule has 0 saturated heterocycles. The minimum atomic E-state index is -0.500. The SMILES string of the molecule is [Zr].c1ccc(P(c2ccccc2)c2ccc3[cH-]ccc3c2)cc1. The van der Waals surface area contributed by atoms with Crippen LogP contribution >= 0.6 is 7.92 Å². The standard InChI is InChI=1S/C21H16P.Zr/c1-3-10-19(11-4-1)22(20-12-5-2-6-13-20)21-15-14-17-8-7-9-18(17)16-21;/h1-16H;/q-1;. The molecule has 0 spiro atoms. The van der Waals surface area contributed by atoms with Gasteiger partial charge < -0.3 is 0 Å². The Morgan fingerprint density at radius 3 is 1.83 bits per heavy atom. The first-order valence-corrected chi connectivity index (χ1v) is 8.82. The maximum atomic E-state index is 2.35. The van der Waals surface area contributed by atoms with Gasteiger partial charge in [-0.3, -0.25) is 0 Å². The monoisotopic (exact) mass is 389 g/mol. The molecule has 0 aromatic heterocycles. The second-order valence-electron chi connectivity index (χ2n) is 5.35. The number of rotatable bonds is 3. The molecule has 4 rings (SSSR count). The average molecular weight is 391 g/mol. The summed E-state index contributed by atoms with van der Waals surface area (Å²) in [5.74, 6) is 0. The first-order chi connectivity index (χ1) is 10.9. The largest absolute Gasteiger partial charge is 0.168 e. The van der Waals surface area contributed by atoms with Crippen LogP contribution in [0.2, 0.25) is 0 Å². The molecule has 0 heterocycles. The van der Waals surface area contributed by atoms with Gasteiger partial charge in [-0.2, -0.15) is 17.5 Å². The fourth-order valence-corrected chi connectivity index (χ4v) is 5.18. The summed E-state index contributed by atoms with van der Waals surface area (Å²) < 4.78 is 0. The topological polar surface area (TPSA) is 0 Å². The molecule has 0 aliphatic rings. The van der Waals surface area contributed by atoms with Crippen LogP contribution < -0.4 is 15.9 Å². The van der Waals surface area contributed by atoms with Crippen LogP contribution in [0, 0.1) is 0 Å². The van der Waals surface area contributed by atoms with E-state index in [0.717, 1.165) is 0 Å². The van der Waals surface area contributed by atoms with E-state index in [0.29, 0.717) is 0 Å². The molecule has 0 aliphatic heterocycles. The van der Waals surface area contributed by atoms with E-state index in [4.69, 9.17) is 0 Å². The minimum absolute atomic E-state index is 0. The third-order valence-corrected chi connectivity index (χ3v) is 6.33. The van der Waals surface area contributed by atoms with Crippen LogP contribution in [0.1, 0.15) is 0 Å². The van der Waals surface area contributed by atoms with Crippen molar-refractivity contribution in [1.29, 1.82) is 0 Å². The van der Waals surface area contributed by atoms with Crippen molar-refractivity contribution in [3.8, 4) is 0 Å². The molecular weight excluding hydrogens is 374 g/mol. The second kappa shape index (κ2) is 7.44. The Labute approximate surface area is 157 Å². The van der Waals surface area contributed by atoms with Crippen LogP contribution in [0.5, 0.6) is 0 Å². The van der Waals surface area contributed by atoms with Crippen molar-refractivity contribution in [2.75, 3.05) is 0 Å². The van der Waals surface area contributed by atoms with Gasteiger partial charge in [0.15, 0.2) is 0 Å². The Balaban J connectivity index is 0.00000156. The fourth-order valence-electron chi connectivity index (χ4n) is 2.85. The van der Waals surface area contributed by atoms with Crippen molar-refractivity contribution < 1.29 is 26.2 Å². The quantitative estimate of drug-likeness (QED) is 0.361. The maximum Gasteiger partial charge on any atom is 0 e. The Bertz CT molecular complexity index is 842. The first-order valence-electron chi connectivity index (χ1n) is 7.47. The van der Waals surface area contributed by atoms with Crippen LogP contribution in [0.3, 0.4) is 0 Å². The number of hydrogen-bond acceptors (Lipinski definition) is 0. The predicted octanol–water partition coefficient (Wildman–Crippen LogP) is 4.31. The zero-order valence-electron chi connectivity index (χ0n) is 12.7. The summed E-state index contributed by atoms with van der Waals surface area (Å²) in [5.41, 5.74) is 0. The number of hydrogen-bond donors (Lipinski definition) is 0. The third kappa shape index (κ3) is 3.42. The van der Waals surface area contributed by atoms with Gasteiger partial charge in [0.2, 0.25) is 0 Å². The molecule has 0 radical (unpaired) electrons. The maximum absolute atomic E-state index is 2.35. The van der Waals surface area contributed by atoms with Crippen LogP contribution in [0.15, 0.2) is 97.1 Å². The molecule has 0 unspecified atom stereocenters. The molecule has 0 saturated carbocycles. The normalized spacial score (nSPS) is 10.7. The van der Waals surface area contributed by atoms with Gasteiger partial charge in [-0.15, -0.1) is 17.5 Å². The van der Waals surface area contributed by atoms with Crippen molar-refractivity contribution in [3.05, 3.63) is 97.1 Å². The van der Waals surface area contributed by atoms with Crippen molar-refractivity contribution in [3.63, 3.8) is 0 Å². The molecule has 4 aromatic carbocycles. The molecule has 0 aliphatic carbocycles. The summed E-state index contributed by atoms with van der Waals surface area (Å²) >= 11 is 0. The van der Waals surface area contributed by atoms with Gasteiger partial charge >= 0.3 is 0 Å². The van der Waals surface area contributed by atoms with E-state index in [9.17, 15) is 0 Å². The second-order valence-corrected chi connectivity index (χ2v) is 7.57. The van der Waals surface area contributed by atoms with Crippen molar-refractivity contribution >= 4 is 34.6 Å². The summed E-state index contributed by atoms with van der Waals surface area (Å²) in [6, 6.07) is 35.1. The van der Waals surface area contributed by atoms with E-state index in [-0.39, 0.29) is 26.2 Å². The molecule has 2 heteroatoms. The van der Waals surface area contributed by atoms with Gasteiger partial charge in [-0.25, -0.2) is 0 Å². The van der Waals surface area contributed by atoms with Gasteiger partial charge in [0, 0.05) is 26.2 Å². The van der Waals surface area contributed by atoms with Gasteiger partial charge in [-0.05, 0) is 23.8 Å². The Hall–Kier alpha value is -1.42. The Morgan fingerprint density at radius 1 is 0.609 bits per heavy atom. The van der Waals surface area contributed by atoms with E-state index in [1.807, 2.05) is 0 Å². The molecule has 0 bridgehead atoms. The van der Waals surface area contributed by atoms with Crippen LogP contribution in [0.4, 0.5) is 0 Å². The Morgan fingerprint density at radius 2 is 1.22 bits per heavy atom. The number of benzene rings is 3. The molecule has 110 valence electrons. The summed E-state index contributed by atoms with van der Waals surface area (Å²) in [6.07, 6.45) is 0. The van der Waals surface area contributed by atoms with Crippen molar-refractivity contribution in [2.24, 2.45) is 0 Å². The molecule has 0 fully saturated rings. The molecule has 0 nitrogen and oxygen atoms in total. The van der Waals surface area contributed by atoms with E-state index >= 15 is 0 Å². The van der Waals surface area contributed by atoms with Gasteiger partial charge in [0.25, 0.3) is 0 Å². The molecule has 0 amide bonds.